The van der Waals surface area contributed by atoms with Crippen molar-refractivity contribution in [3.05, 3.63) is 65.2 Å². The van der Waals surface area contributed by atoms with Crippen molar-refractivity contribution in [3.63, 3.8) is 0 Å². The maximum atomic E-state index is 11.4. The molecule has 0 unspecified atom stereocenters. The lowest BCUT2D eigenvalue weighted by atomic mass is 10.1. The van der Waals surface area contributed by atoms with Gasteiger partial charge in [0.05, 0.1) is 19.8 Å². The molecular formula is C21H24O5. The summed E-state index contributed by atoms with van der Waals surface area (Å²) in [5, 5.41) is 9.58. The minimum Gasteiger partial charge on any atom is -0.494 e. The van der Waals surface area contributed by atoms with Gasteiger partial charge >= 0.3 is 5.97 Å². The number of hydrogen-bond acceptors (Lipinski definition) is 5. The normalized spacial score (nSPS) is 10.7. The molecule has 0 heterocycles. The van der Waals surface area contributed by atoms with Crippen LogP contribution >= 0.6 is 0 Å². The zero-order valence-corrected chi connectivity index (χ0v) is 15.1. The Morgan fingerprint density at radius 3 is 2.46 bits per heavy atom. The van der Waals surface area contributed by atoms with Gasteiger partial charge in [0, 0.05) is 11.6 Å². The van der Waals surface area contributed by atoms with Crippen molar-refractivity contribution in [2.24, 2.45) is 0 Å². The minimum absolute atomic E-state index is 0.153. The third kappa shape index (κ3) is 5.93. The van der Waals surface area contributed by atoms with E-state index in [4.69, 9.17) is 14.2 Å². The van der Waals surface area contributed by atoms with Crippen LogP contribution in [0.5, 0.6) is 11.5 Å². The van der Waals surface area contributed by atoms with E-state index in [0.29, 0.717) is 31.1 Å². The first-order valence-electron chi connectivity index (χ1n) is 8.59. The van der Waals surface area contributed by atoms with Crippen LogP contribution in [0.15, 0.2) is 48.5 Å². The third-order valence-electron chi connectivity index (χ3n) is 3.58. The molecule has 0 saturated carbocycles. The first kappa shape index (κ1) is 19.5. The highest BCUT2D eigenvalue weighted by Crippen LogP contribution is 2.23. The Kier molecular flexibility index (Phi) is 7.71. The van der Waals surface area contributed by atoms with E-state index in [1.54, 1.807) is 25.1 Å². The minimum atomic E-state index is -0.395. The number of aliphatic hydroxyl groups is 1. The molecule has 138 valence electrons. The molecule has 0 aromatic heterocycles. The van der Waals surface area contributed by atoms with Gasteiger partial charge in [0.2, 0.25) is 0 Å². The Morgan fingerprint density at radius 2 is 1.81 bits per heavy atom. The molecule has 0 amide bonds. The lowest BCUT2D eigenvalue weighted by molar-refractivity contribution is -0.137. The van der Waals surface area contributed by atoms with Gasteiger partial charge in [-0.2, -0.15) is 0 Å². The molecule has 0 spiro atoms. The van der Waals surface area contributed by atoms with E-state index >= 15 is 0 Å². The summed E-state index contributed by atoms with van der Waals surface area (Å²) in [6.07, 6.45) is 3.01. The van der Waals surface area contributed by atoms with Gasteiger partial charge in [-0.1, -0.05) is 18.2 Å². The maximum absolute atomic E-state index is 11.4. The van der Waals surface area contributed by atoms with Gasteiger partial charge in [0.1, 0.15) is 18.1 Å². The predicted octanol–water partition coefficient (Wildman–Crippen LogP) is 3.73. The van der Waals surface area contributed by atoms with Crippen molar-refractivity contribution >= 4 is 12.0 Å². The van der Waals surface area contributed by atoms with Crippen LogP contribution < -0.4 is 9.47 Å². The molecule has 5 nitrogen and oxygen atoms in total. The van der Waals surface area contributed by atoms with Gasteiger partial charge in [-0.05, 0) is 55.3 Å². The van der Waals surface area contributed by atoms with Crippen LogP contribution in [0.3, 0.4) is 0 Å². The average Bonchev–Trinajstić information content (AvgIpc) is 2.66. The predicted molar refractivity (Wildman–Crippen MR) is 100.0 cm³/mol. The number of esters is 1. The highest BCUT2D eigenvalue weighted by molar-refractivity contribution is 5.87. The molecule has 0 aliphatic carbocycles. The molecule has 0 radical (unpaired) electrons. The lowest BCUT2D eigenvalue weighted by Crippen LogP contribution is -2.00. The van der Waals surface area contributed by atoms with Crippen LogP contribution in [0, 0.1) is 0 Å². The van der Waals surface area contributed by atoms with Crippen molar-refractivity contribution in [3.8, 4) is 11.5 Å². The Balaban J connectivity index is 2.01. The molecule has 0 atom stereocenters. The summed E-state index contributed by atoms with van der Waals surface area (Å²) in [4.78, 5) is 11.4. The highest BCUT2D eigenvalue weighted by atomic mass is 16.5. The summed E-state index contributed by atoms with van der Waals surface area (Å²) < 4.78 is 16.1. The molecule has 26 heavy (non-hydrogen) atoms. The standard InChI is InChI=1S/C21H24O5/c1-3-24-19-9-5-17(6-10-19)15-26-20-11-7-16(13-18(20)14-22)8-12-21(23)25-4-2/h5-13,22H,3-4,14-15H2,1-2H3. The van der Waals surface area contributed by atoms with Gasteiger partial charge in [0.25, 0.3) is 0 Å². The van der Waals surface area contributed by atoms with Gasteiger partial charge in [-0.25, -0.2) is 4.79 Å². The van der Waals surface area contributed by atoms with E-state index in [-0.39, 0.29) is 6.61 Å². The summed E-state index contributed by atoms with van der Waals surface area (Å²) in [7, 11) is 0. The number of carbonyl (C=O) groups excluding carboxylic acids is 1. The topological polar surface area (TPSA) is 65.0 Å². The van der Waals surface area contributed by atoms with Crippen molar-refractivity contribution in [2.45, 2.75) is 27.1 Å². The molecule has 2 rings (SSSR count). The fourth-order valence-electron chi connectivity index (χ4n) is 2.33. The zero-order chi connectivity index (χ0) is 18.8. The van der Waals surface area contributed by atoms with Crippen LogP contribution in [0.2, 0.25) is 0 Å². The smallest absolute Gasteiger partial charge is 0.330 e. The summed E-state index contributed by atoms with van der Waals surface area (Å²) in [5.41, 5.74) is 2.45. The van der Waals surface area contributed by atoms with E-state index in [1.807, 2.05) is 37.3 Å². The average molecular weight is 356 g/mol. The second kappa shape index (κ2) is 10.3. The van der Waals surface area contributed by atoms with Crippen molar-refractivity contribution < 1.29 is 24.1 Å². The molecule has 0 aliphatic heterocycles. The SMILES string of the molecule is CCOC(=O)C=Cc1ccc(OCc2ccc(OCC)cc2)c(CO)c1. The van der Waals surface area contributed by atoms with Crippen molar-refractivity contribution in [1.82, 2.24) is 0 Å². The Hall–Kier alpha value is -2.79. The summed E-state index contributed by atoms with van der Waals surface area (Å²) >= 11 is 0. The number of hydrogen-bond donors (Lipinski definition) is 1. The van der Waals surface area contributed by atoms with Gasteiger partial charge in [-0.3, -0.25) is 0 Å². The third-order valence-corrected chi connectivity index (χ3v) is 3.58. The van der Waals surface area contributed by atoms with Crippen LogP contribution in [0.25, 0.3) is 6.08 Å². The molecule has 0 aliphatic rings. The van der Waals surface area contributed by atoms with Crippen LogP contribution in [-0.4, -0.2) is 24.3 Å². The second-order valence-corrected chi connectivity index (χ2v) is 5.48. The number of carbonyl (C=O) groups is 1. The Bertz CT molecular complexity index is 735. The number of benzene rings is 2. The molecule has 0 fully saturated rings. The molecule has 5 heteroatoms. The largest absolute Gasteiger partial charge is 0.494 e. The molecule has 0 saturated heterocycles. The van der Waals surface area contributed by atoms with Crippen LogP contribution in [0.4, 0.5) is 0 Å². The summed E-state index contributed by atoms with van der Waals surface area (Å²) in [5.74, 6) is 1.04. The van der Waals surface area contributed by atoms with Crippen molar-refractivity contribution in [2.75, 3.05) is 13.2 Å². The molecular weight excluding hydrogens is 332 g/mol. The van der Waals surface area contributed by atoms with Crippen LogP contribution in [0.1, 0.15) is 30.5 Å². The van der Waals surface area contributed by atoms with E-state index in [9.17, 15) is 9.90 Å². The Labute approximate surface area is 153 Å². The van der Waals surface area contributed by atoms with E-state index < -0.39 is 5.97 Å². The quantitative estimate of drug-likeness (QED) is 0.548. The fraction of sp³-hybridized carbons (Fsp3) is 0.286. The number of aliphatic hydroxyl groups excluding tert-OH is 1. The van der Waals surface area contributed by atoms with Crippen LogP contribution in [-0.2, 0) is 22.7 Å². The monoisotopic (exact) mass is 356 g/mol. The van der Waals surface area contributed by atoms with E-state index in [2.05, 4.69) is 0 Å². The molecule has 0 bridgehead atoms. The van der Waals surface area contributed by atoms with E-state index in [0.717, 1.165) is 16.9 Å². The number of ether oxygens (including phenoxy) is 3. The zero-order valence-electron chi connectivity index (χ0n) is 15.1. The number of rotatable bonds is 9. The molecule has 1 N–H and O–H groups in total. The van der Waals surface area contributed by atoms with Crippen molar-refractivity contribution in [1.29, 1.82) is 0 Å². The Morgan fingerprint density at radius 1 is 1.04 bits per heavy atom. The first-order chi connectivity index (χ1) is 12.7. The first-order valence-corrected chi connectivity index (χ1v) is 8.59. The summed E-state index contributed by atoms with van der Waals surface area (Å²) in [6.45, 7) is 4.90. The lowest BCUT2D eigenvalue weighted by Gasteiger charge is -2.11. The van der Waals surface area contributed by atoms with Gasteiger partial charge < -0.3 is 19.3 Å². The highest BCUT2D eigenvalue weighted by Gasteiger charge is 2.05. The maximum Gasteiger partial charge on any atom is 0.330 e. The second-order valence-electron chi connectivity index (χ2n) is 5.48. The van der Waals surface area contributed by atoms with Gasteiger partial charge in [0.15, 0.2) is 0 Å². The van der Waals surface area contributed by atoms with Gasteiger partial charge in [-0.15, -0.1) is 0 Å². The molecule has 2 aromatic rings. The fourth-order valence-corrected chi connectivity index (χ4v) is 2.33. The summed E-state index contributed by atoms with van der Waals surface area (Å²) in [6, 6.07) is 13.1. The van der Waals surface area contributed by atoms with E-state index in [1.165, 1.54) is 6.08 Å². The molecule has 2 aromatic carbocycles.